The fourth-order valence-electron chi connectivity index (χ4n) is 2.83. The third-order valence-corrected chi connectivity index (χ3v) is 4.36. The van der Waals surface area contributed by atoms with Crippen molar-refractivity contribution in [2.75, 3.05) is 0 Å². The lowest BCUT2D eigenvalue weighted by Crippen LogP contribution is -2.11. The molecule has 0 saturated heterocycles. The Kier molecular flexibility index (Phi) is 5.09. The summed E-state index contributed by atoms with van der Waals surface area (Å²) >= 11 is 5.98. The van der Waals surface area contributed by atoms with Gasteiger partial charge in [-0.3, -0.25) is 9.59 Å². The van der Waals surface area contributed by atoms with Gasteiger partial charge in [-0.05, 0) is 60.5 Å². The van der Waals surface area contributed by atoms with Gasteiger partial charge in [-0.15, -0.1) is 0 Å². The van der Waals surface area contributed by atoms with Crippen LogP contribution in [-0.2, 0) is 11.2 Å². The van der Waals surface area contributed by atoms with Gasteiger partial charge in [0.15, 0.2) is 0 Å². The first-order chi connectivity index (χ1) is 12.5. The van der Waals surface area contributed by atoms with Gasteiger partial charge in [-0.2, -0.15) is 0 Å². The van der Waals surface area contributed by atoms with Crippen molar-refractivity contribution in [1.82, 2.24) is 4.57 Å². The van der Waals surface area contributed by atoms with E-state index in [-0.39, 0.29) is 6.42 Å². The molecule has 132 valence electrons. The van der Waals surface area contributed by atoms with Gasteiger partial charge in [0, 0.05) is 22.0 Å². The molecule has 0 aliphatic carbocycles. The highest BCUT2D eigenvalue weighted by molar-refractivity contribution is 6.30. The molecule has 3 N–H and O–H groups in total. The minimum atomic E-state index is -0.852. The molecule has 0 aliphatic rings. The molecular formula is C20H17ClN2O3. The number of nitrogens with two attached hydrogens (primary N) is 1. The maximum atomic E-state index is 11.3. The topological polar surface area (TPSA) is 85.3 Å². The van der Waals surface area contributed by atoms with Crippen molar-refractivity contribution in [3.05, 3.63) is 76.9 Å². The van der Waals surface area contributed by atoms with Crippen LogP contribution in [0.4, 0.5) is 0 Å². The van der Waals surface area contributed by atoms with Crippen LogP contribution >= 0.6 is 11.6 Å². The summed E-state index contributed by atoms with van der Waals surface area (Å²) in [5, 5.41) is 9.66. The minimum absolute atomic E-state index is 0.0312. The Hall–Kier alpha value is -3.05. The second-order valence-electron chi connectivity index (χ2n) is 5.86. The van der Waals surface area contributed by atoms with E-state index in [1.807, 2.05) is 28.8 Å². The zero-order valence-electron chi connectivity index (χ0n) is 13.9. The number of aryl methyl sites for hydroxylation is 1. The predicted octanol–water partition coefficient (Wildman–Crippen LogP) is 3.91. The summed E-state index contributed by atoms with van der Waals surface area (Å²) in [6.45, 7) is 0. The number of carboxylic acid groups (broad SMARTS) is 1. The van der Waals surface area contributed by atoms with Gasteiger partial charge in [-0.25, -0.2) is 0 Å². The largest absolute Gasteiger partial charge is 0.481 e. The summed E-state index contributed by atoms with van der Waals surface area (Å²) in [6.07, 6.45) is 0.421. The number of hydrogen-bond acceptors (Lipinski definition) is 2. The molecule has 1 heterocycles. The maximum Gasteiger partial charge on any atom is 0.303 e. The Morgan fingerprint density at radius 1 is 0.962 bits per heavy atom. The van der Waals surface area contributed by atoms with Crippen molar-refractivity contribution in [2.45, 2.75) is 12.8 Å². The molecule has 1 amide bonds. The SMILES string of the molecule is NC(=O)c1ccc(-n2c(CCC(=O)O)ccc2-c2ccc(Cl)cc2)cc1. The van der Waals surface area contributed by atoms with E-state index in [0.29, 0.717) is 17.0 Å². The molecule has 0 aliphatic heterocycles. The fraction of sp³-hybridized carbons (Fsp3) is 0.100. The van der Waals surface area contributed by atoms with Gasteiger partial charge in [0.25, 0.3) is 0 Å². The van der Waals surface area contributed by atoms with Gasteiger partial charge in [0.05, 0.1) is 12.1 Å². The summed E-state index contributed by atoms with van der Waals surface area (Å²) in [4.78, 5) is 22.3. The van der Waals surface area contributed by atoms with Crippen LogP contribution in [0.2, 0.25) is 5.02 Å². The zero-order valence-corrected chi connectivity index (χ0v) is 14.6. The second-order valence-corrected chi connectivity index (χ2v) is 6.29. The second kappa shape index (κ2) is 7.45. The van der Waals surface area contributed by atoms with E-state index in [1.54, 1.807) is 36.4 Å². The monoisotopic (exact) mass is 368 g/mol. The van der Waals surface area contributed by atoms with Gasteiger partial charge >= 0.3 is 5.97 Å². The number of primary amides is 1. The summed E-state index contributed by atoms with van der Waals surface area (Å²) in [5.41, 5.74) is 9.28. The number of carbonyl (C=O) groups is 2. The average Bonchev–Trinajstić information content (AvgIpc) is 3.04. The van der Waals surface area contributed by atoms with Gasteiger partial charge in [0.1, 0.15) is 0 Å². The van der Waals surface area contributed by atoms with Crippen LogP contribution in [0.3, 0.4) is 0 Å². The molecule has 26 heavy (non-hydrogen) atoms. The number of halogens is 1. The first-order valence-corrected chi connectivity index (χ1v) is 8.42. The first kappa shape index (κ1) is 17.8. The van der Waals surface area contributed by atoms with E-state index in [0.717, 1.165) is 22.6 Å². The van der Waals surface area contributed by atoms with Crippen LogP contribution in [0.5, 0.6) is 0 Å². The van der Waals surface area contributed by atoms with Crippen molar-refractivity contribution < 1.29 is 14.7 Å². The smallest absolute Gasteiger partial charge is 0.303 e. The van der Waals surface area contributed by atoms with Crippen LogP contribution in [0.25, 0.3) is 16.9 Å². The number of aromatic nitrogens is 1. The molecule has 5 nitrogen and oxygen atoms in total. The third-order valence-electron chi connectivity index (χ3n) is 4.11. The number of carboxylic acids is 1. The number of aliphatic carboxylic acids is 1. The molecule has 2 aromatic carbocycles. The van der Waals surface area contributed by atoms with Gasteiger partial charge in [0.2, 0.25) is 5.91 Å². The van der Waals surface area contributed by atoms with Crippen molar-refractivity contribution in [3.63, 3.8) is 0 Å². The maximum absolute atomic E-state index is 11.3. The molecule has 0 fully saturated rings. The lowest BCUT2D eigenvalue weighted by molar-refractivity contribution is -0.136. The van der Waals surface area contributed by atoms with Crippen LogP contribution in [0.1, 0.15) is 22.5 Å². The summed E-state index contributed by atoms with van der Waals surface area (Å²) in [6, 6.07) is 18.2. The Balaban J connectivity index is 2.09. The Labute approximate surface area is 155 Å². The highest BCUT2D eigenvalue weighted by Gasteiger charge is 2.13. The Morgan fingerprint density at radius 2 is 1.62 bits per heavy atom. The molecule has 6 heteroatoms. The molecule has 0 spiro atoms. The van der Waals surface area contributed by atoms with Gasteiger partial charge in [-0.1, -0.05) is 23.7 Å². The number of carbonyl (C=O) groups excluding carboxylic acids is 1. The molecule has 0 bridgehead atoms. The molecule has 3 rings (SSSR count). The highest BCUT2D eigenvalue weighted by Crippen LogP contribution is 2.28. The van der Waals surface area contributed by atoms with Crippen molar-refractivity contribution in [2.24, 2.45) is 5.73 Å². The van der Waals surface area contributed by atoms with E-state index in [2.05, 4.69) is 0 Å². The van der Waals surface area contributed by atoms with Crippen LogP contribution < -0.4 is 5.73 Å². The third kappa shape index (κ3) is 3.78. The van der Waals surface area contributed by atoms with Crippen LogP contribution in [0, 0.1) is 0 Å². The zero-order chi connectivity index (χ0) is 18.7. The molecular weight excluding hydrogens is 352 g/mol. The van der Waals surface area contributed by atoms with Crippen LogP contribution in [0.15, 0.2) is 60.7 Å². The molecule has 0 unspecified atom stereocenters. The number of amides is 1. The Bertz CT molecular complexity index is 944. The number of hydrogen-bond donors (Lipinski definition) is 2. The quantitative estimate of drug-likeness (QED) is 0.691. The number of rotatable bonds is 6. The van der Waals surface area contributed by atoms with Crippen molar-refractivity contribution in [3.8, 4) is 16.9 Å². The van der Waals surface area contributed by atoms with E-state index in [4.69, 9.17) is 22.4 Å². The Morgan fingerprint density at radius 3 is 2.19 bits per heavy atom. The van der Waals surface area contributed by atoms with E-state index in [1.165, 1.54) is 0 Å². The van der Waals surface area contributed by atoms with Crippen molar-refractivity contribution >= 4 is 23.5 Å². The summed E-state index contributed by atoms with van der Waals surface area (Å²) in [7, 11) is 0. The molecule has 1 aromatic heterocycles. The van der Waals surface area contributed by atoms with E-state index < -0.39 is 11.9 Å². The molecule has 0 saturated carbocycles. The molecule has 3 aromatic rings. The number of benzene rings is 2. The highest BCUT2D eigenvalue weighted by atomic mass is 35.5. The molecule has 0 atom stereocenters. The summed E-state index contributed by atoms with van der Waals surface area (Å²) < 4.78 is 1.98. The number of nitrogens with zero attached hydrogens (tertiary/aromatic N) is 1. The minimum Gasteiger partial charge on any atom is -0.481 e. The van der Waals surface area contributed by atoms with Crippen LogP contribution in [-0.4, -0.2) is 21.6 Å². The first-order valence-electron chi connectivity index (χ1n) is 8.04. The predicted molar refractivity (Wildman–Crippen MR) is 101 cm³/mol. The summed E-state index contributed by atoms with van der Waals surface area (Å²) in [5.74, 6) is -1.34. The molecule has 0 radical (unpaired) electrons. The van der Waals surface area contributed by atoms with Crippen molar-refractivity contribution in [1.29, 1.82) is 0 Å². The normalized spacial score (nSPS) is 10.7. The lowest BCUT2D eigenvalue weighted by Gasteiger charge is -2.14. The lowest BCUT2D eigenvalue weighted by atomic mass is 10.1. The van der Waals surface area contributed by atoms with E-state index in [9.17, 15) is 9.59 Å². The fourth-order valence-corrected chi connectivity index (χ4v) is 2.96. The van der Waals surface area contributed by atoms with E-state index >= 15 is 0 Å². The van der Waals surface area contributed by atoms with Gasteiger partial charge < -0.3 is 15.4 Å². The average molecular weight is 369 g/mol. The standard InChI is InChI=1S/C20H17ClN2O3/c21-15-5-1-13(2-6-15)18-11-9-17(10-12-19(24)25)23(18)16-7-3-14(4-8-16)20(22)26/h1-9,11H,10,12H2,(H2,22,26)(H,24,25).